The fourth-order valence-corrected chi connectivity index (χ4v) is 13.1. The average Bonchev–Trinajstić information content (AvgIpc) is 1.41. The number of benzene rings is 2. The predicted octanol–water partition coefficient (Wildman–Crippen LogP) is 8.08. The molecule has 0 spiro atoms. The van der Waals surface area contributed by atoms with Crippen LogP contribution in [0.25, 0.3) is 0 Å². The minimum Gasteiger partial charge on any atom is -0.445 e. The van der Waals surface area contributed by atoms with Gasteiger partial charge in [0.2, 0.25) is 47.3 Å². The summed E-state index contributed by atoms with van der Waals surface area (Å²) in [7, 11) is 3.25. The second-order valence-corrected chi connectivity index (χ2v) is 27.8. The second-order valence-electron chi connectivity index (χ2n) is 26.8. The number of carbonyl (C=O) groups is 11. The molecule has 23 nitrogen and oxygen atoms in total. The van der Waals surface area contributed by atoms with Crippen LogP contribution in [0.2, 0.25) is 0 Å². The topological polar surface area (TPSA) is 314 Å². The third kappa shape index (κ3) is 23.7. The molecule has 1 unspecified atom stereocenters. The van der Waals surface area contributed by atoms with E-state index in [-0.39, 0.29) is 158 Å². The lowest BCUT2D eigenvalue weighted by atomic mass is 9.83. The van der Waals surface area contributed by atoms with E-state index < -0.39 is 60.1 Å². The van der Waals surface area contributed by atoms with Crippen LogP contribution in [0.15, 0.2) is 54.6 Å². The van der Waals surface area contributed by atoms with Crippen LogP contribution in [0, 0.1) is 41.4 Å². The van der Waals surface area contributed by atoms with E-state index in [1.54, 1.807) is 77.3 Å². The van der Waals surface area contributed by atoms with Crippen molar-refractivity contribution in [2.75, 3.05) is 45.4 Å². The lowest BCUT2D eigenvalue weighted by Crippen LogP contribution is -2.54. The SMILES string of the molecule is CC[C@H](C)[C@@H]([C@@H](CC(=O)N1CCC[C@H]1[C@H](C)[C@H](C)C(=O)N[C@@H](C)[C@H](C)c1ccccc1)OC)N(C)C(=O)[C@@H](CC(=O)[C@@H](NC(=O)OCc1ccc(NC(=O)[C@H](CCCNC(N)=O)NC(=O)[C@@H](NC(=O)CCCCCN2C(=O)CC(SC)C2=O)C(C)C)cc1)C(C)C)C(C)C. The van der Waals surface area contributed by atoms with Crippen molar-refractivity contribution in [1.29, 1.82) is 0 Å². The van der Waals surface area contributed by atoms with E-state index in [4.69, 9.17) is 15.2 Å². The van der Waals surface area contributed by atoms with Crippen LogP contribution < -0.4 is 37.6 Å². The maximum absolute atomic E-state index is 14.8. The number of nitrogens with one attached hydrogen (secondary N) is 6. The molecule has 0 saturated carbocycles. The highest BCUT2D eigenvalue weighted by Crippen LogP contribution is 2.33. The molecular weight excluding hydrogens is 1220 g/mol. The number of unbranched alkanes of at least 4 members (excludes halogenated alkanes) is 2. The van der Waals surface area contributed by atoms with Gasteiger partial charge in [0.25, 0.3) is 0 Å². The zero-order valence-electron chi connectivity index (χ0n) is 58.4. The Labute approximate surface area is 562 Å². The van der Waals surface area contributed by atoms with Crippen LogP contribution in [-0.2, 0) is 59.2 Å². The van der Waals surface area contributed by atoms with Crippen molar-refractivity contribution >= 4 is 82.6 Å². The number of Topliss-reactive ketones (excluding diaryl/α,β-unsaturated/α-hetero) is 1. The van der Waals surface area contributed by atoms with Crippen LogP contribution in [-0.4, -0.2) is 168 Å². The molecule has 524 valence electrons. The number of hydrogen-bond donors (Lipinski definition) is 7. The number of hydrogen-bond acceptors (Lipinski definition) is 14. The van der Waals surface area contributed by atoms with Crippen molar-refractivity contribution < 1.29 is 62.2 Å². The van der Waals surface area contributed by atoms with Gasteiger partial charge in [-0.2, -0.15) is 11.8 Å². The van der Waals surface area contributed by atoms with E-state index in [1.165, 1.54) is 16.7 Å². The van der Waals surface area contributed by atoms with Crippen molar-refractivity contribution in [3.05, 3.63) is 65.7 Å². The van der Waals surface area contributed by atoms with Crippen molar-refractivity contribution in [2.45, 2.75) is 220 Å². The first kappa shape index (κ1) is 79.4. The average molecular weight is 1330 g/mol. The smallest absolute Gasteiger partial charge is 0.408 e. The van der Waals surface area contributed by atoms with E-state index in [0.29, 0.717) is 43.5 Å². The summed E-state index contributed by atoms with van der Waals surface area (Å²) in [4.78, 5) is 152. The zero-order chi connectivity index (χ0) is 70.1. The van der Waals surface area contributed by atoms with Crippen LogP contribution >= 0.6 is 11.8 Å². The number of rotatable bonds is 39. The molecule has 2 aliphatic rings. The van der Waals surface area contributed by atoms with Crippen molar-refractivity contribution in [3.8, 4) is 0 Å². The highest BCUT2D eigenvalue weighted by atomic mass is 32.2. The maximum atomic E-state index is 14.8. The Bertz CT molecular complexity index is 2840. The predicted molar refractivity (Wildman–Crippen MR) is 365 cm³/mol. The standard InChI is InChI=1S/C70H110N10O13S/c1-16-44(8)63(56(92-14)38-59(83)79-36-24-28-54(79)45(9)46(10)64(85)73-48(12)47(11)50-25-19-17-20-26-50)78(13)67(88)52(41(2)3)37-55(81)61(42(4)5)77-70(91)93-40-49-30-32-51(33-31-49)74-65(86)53(27-23-34-72-69(71)90)75-66(87)62(43(6)7)76-58(82)29-21-18-22-35-80-60(84)39-57(94-15)68(80)89/h17,19-20,25-26,30-33,41-48,52-54,56-57,61-63H,16,18,21-24,27-29,34-40H2,1-15H3,(H,73,85)(H,74,86)(H,75,87)(H,76,82)(H,77,91)(H3,71,72,90)/t44-,45+,46-,47-,48-,52-,53-,54-,56+,57?,61-,62-,63-/m0/s1. The molecule has 0 bridgehead atoms. The summed E-state index contributed by atoms with van der Waals surface area (Å²) in [5, 5.41) is 16.4. The Hall–Kier alpha value is -7.08. The van der Waals surface area contributed by atoms with Gasteiger partial charge in [0.15, 0.2) is 5.78 Å². The molecule has 2 saturated heterocycles. The van der Waals surface area contributed by atoms with Gasteiger partial charge in [-0.15, -0.1) is 0 Å². The third-order valence-electron chi connectivity index (χ3n) is 19.0. The van der Waals surface area contributed by atoms with Gasteiger partial charge < -0.3 is 56.9 Å². The molecule has 24 heteroatoms. The number of likely N-dealkylation sites (N-methyl/N-ethyl adjacent to an activating group) is 1. The Morgan fingerprint density at radius 3 is 2.00 bits per heavy atom. The van der Waals surface area contributed by atoms with Gasteiger partial charge in [-0.1, -0.05) is 131 Å². The number of carbonyl (C=O) groups excluding carboxylic acids is 11. The fourth-order valence-electron chi connectivity index (χ4n) is 12.5. The van der Waals surface area contributed by atoms with E-state index in [1.807, 2.05) is 71.6 Å². The number of ether oxygens (including phenoxy) is 2. The summed E-state index contributed by atoms with van der Waals surface area (Å²) in [6.45, 7) is 23.7. The monoisotopic (exact) mass is 1330 g/mol. The molecule has 2 heterocycles. The molecule has 0 radical (unpaired) electrons. The first-order valence-corrected chi connectivity index (χ1v) is 35.0. The number of urea groups is 1. The van der Waals surface area contributed by atoms with Gasteiger partial charge in [-0.25, -0.2) is 9.59 Å². The lowest BCUT2D eigenvalue weighted by molar-refractivity contribution is -0.148. The van der Waals surface area contributed by atoms with Gasteiger partial charge in [0.05, 0.1) is 29.9 Å². The number of nitrogens with two attached hydrogens (primary N) is 1. The van der Waals surface area contributed by atoms with Crippen molar-refractivity contribution in [3.63, 3.8) is 0 Å². The molecule has 13 atom stereocenters. The first-order valence-electron chi connectivity index (χ1n) is 33.8. The number of thioether (sulfide) groups is 1. The van der Waals surface area contributed by atoms with E-state index in [0.717, 1.165) is 18.4 Å². The molecule has 2 fully saturated rings. The molecule has 0 aliphatic carbocycles. The number of nitrogens with zero attached hydrogens (tertiary/aromatic N) is 3. The van der Waals surface area contributed by atoms with E-state index in [2.05, 4.69) is 51.0 Å². The number of likely N-dealkylation sites (tertiary alicyclic amines) is 2. The largest absolute Gasteiger partial charge is 0.445 e. The number of alkyl carbamates (subject to hydrolysis) is 1. The normalized spacial score (nSPS) is 18.4. The highest BCUT2D eigenvalue weighted by molar-refractivity contribution is 8.00. The summed E-state index contributed by atoms with van der Waals surface area (Å²) < 4.78 is 11.7. The quantitative estimate of drug-likeness (QED) is 0.0246. The Kier molecular flexibility index (Phi) is 33.0. The summed E-state index contributed by atoms with van der Waals surface area (Å²) in [6, 6.07) is 11.9. The molecule has 2 aromatic rings. The Morgan fingerprint density at radius 2 is 1.41 bits per heavy atom. The number of imide groups is 1. The van der Waals surface area contributed by atoms with Gasteiger partial charge in [0.1, 0.15) is 18.7 Å². The van der Waals surface area contributed by atoms with Crippen LogP contribution in [0.3, 0.4) is 0 Å². The van der Waals surface area contributed by atoms with Crippen LogP contribution in [0.5, 0.6) is 0 Å². The molecule has 2 aliphatic heterocycles. The Balaban J connectivity index is 1.34. The van der Waals surface area contributed by atoms with Gasteiger partial charge >= 0.3 is 12.1 Å². The van der Waals surface area contributed by atoms with Crippen LogP contribution in [0.4, 0.5) is 15.3 Å². The lowest BCUT2D eigenvalue weighted by Gasteiger charge is -2.41. The zero-order valence-corrected chi connectivity index (χ0v) is 59.2. The number of primary amides is 1. The number of amides is 11. The summed E-state index contributed by atoms with van der Waals surface area (Å²) in [5.41, 5.74) is 7.29. The van der Waals surface area contributed by atoms with E-state index >= 15 is 0 Å². The minimum absolute atomic E-state index is 0.0124. The second kappa shape index (κ2) is 39.1. The van der Waals surface area contributed by atoms with Gasteiger partial charge in [0, 0.05) is 88.6 Å². The third-order valence-corrected chi connectivity index (χ3v) is 20.0. The molecule has 11 amide bonds. The van der Waals surface area contributed by atoms with Gasteiger partial charge in [-0.05, 0) is 105 Å². The summed E-state index contributed by atoms with van der Waals surface area (Å²) >= 11 is 1.35. The first-order chi connectivity index (χ1) is 44.4. The Morgan fingerprint density at radius 1 is 0.755 bits per heavy atom. The molecule has 2 aromatic carbocycles. The number of ketones is 1. The number of methoxy groups -OCH3 is 1. The summed E-state index contributed by atoms with van der Waals surface area (Å²) in [5.74, 6) is -5.01. The number of anilines is 1. The minimum atomic E-state index is -1.10. The molecule has 4 rings (SSSR count). The molecule has 0 aromatic heterocycles. The van der Waals surface area contributed by atoms with Gasteiger partial charge in [-0.3, -0.25) is 48.1 Å². The highest BCUT2D eigenvalue weighted by Gasteiger charge is 2.43. The molecule has 94 heavy (non-hydrogen) atoms. The fraction of sp³-hybridized carbons (Fsp3) is 0.671. The van der Waals surface area contributed by atoms with Crippen LogP contribution in [0.1, 0.15) is 177 Å². The molecule has 8 N–H and O–H groups in total. The molecular formula is C70H110N10O13S. The van der Waals surface area contributed by atoms with Crippen molar-refractivity contribution in [2.24, 2.45) is 47.2 Å². The van der Waals surface area contributed by atoms with E-state index in [9.17, 15) is 52.7 Å². The maximum Gasteiger partial charge on any atom is 0.408 e. The van der Waals surface area contributed by atoms with Crippen molar-refractivity contribution in [1.82, 2.24) is 41.3 Å². The summed E-state index contributed by atoms with van der Waals surface area (Å²) in [6.07, 6.45) is 4.57.